The predicted molar refractivity (Wildman–Crippen MR) is 126 cm³/mol. The standard InChI is InChI=1S/C27H28N2O/c1-3-29(4-2)21-14-12-18(13-15-21)27-22-10-7-11-25(30)26(22)23-16-19-8-5-6-9-20(19)17-24(23)28-27/h5-6,8-9,12-17,27-28H,3-4,7,10-11H2,1-2H3. The van der Waals surface area contributed by atoms with E-state index in [1.807, 2.05) is 0 Å². The van der Waals surface area contributed by atoms with E-state index in [4.69, 9.17) is 0 Å². The number of fused-ring (bicyclic) bond motifs is 3. The molecular weight excluding hydrogens is 368 g/mol. The molecule has 1 unspecified atom stereocenters. The molecule has 152 valence electrons. The lowest BCUT2D eigenvalue weighted by Crippen LogP contribution is -2.26. The summed E-state index contributed by atoms with van der Waals surface area (Å²) in [5.74, 6) is 0.291. The second-order valence-electron chi connectivity index (χ2n) is 8.26. The monoisotopic (exact) mass is 396 g/mol. The van der Waals surface area contributed by atoms with Gasteiger partial charge in [0.05, 0.1) is 6.04 Å². The summed E-state index contributed by atoms with van der Waals surface area (Å²) < 4.78 is 0. The number of allylic oxidation sites excluding steroid dienone is 1. The maximum absolute atomic E-state index is 13.0. The van der Waals surface area contributed by atoms with Crippen LogP contribution in [0.25, 0.3) is 16.3 Å². The van der Waals surface area contributed by atoms with E-state index in [-0.39, 0.29) is 6.04 Å². The van der Waals surface area contributed by atoms with Crippen LogP contribution < -0.4 is 10.2 Å². The van der Waals surface area contributed by atoms with Crippen molar-refractivity contribution in [3.8, 4) is 0 Å². The largest absolute Gasteiger partial charge is 0.374 e. The Morgan fingerprint density at radius 2 is 1.63 bits per heavy atom. The van der Waals surface area contributed by atoms with Crippen molar-refractivity contribution in [2.45, 2.75) is 39.2 Å². The highest BCUT2D eigenvalue weighted by Crippen LogP contribution is 2.46. The topological polar surface area (TPSA) is 32.3 Å². The van der Waals surface area contributed by atoms with Gasteiger partial charge in [0.15, 0.2) is 5.78 Å². The number of carbonyl (C=O) groups excluding carboxylic acids is 1. The van der Waals surface area contributed by atoms with Gasteiger partial charge in [0, 0.05) is 42.0 Å². The van der Waals surface area contributed by atoms with Gasteiger partial charge in [-0.05, 0) is 72.9 Å². The number of nitrogens with zero attached hydrogens (tertiary/aromatic N) is 1. The van der Waals surface area contributed by atoms with E-state index in [9.17, 15) is 4.79 Å². The molecule has 1 aliphatic heterocycles. The summed E-state index contributed by atoms with van der Waals surface area (Å²) in [6.07, 6.45) is 2.57. The molecule has 5 rings (SSSR count). The number of carbonyl (C=O) groups is 1. The third kappa shape index (κ3) is 3.09. The first-order valence-corrected chi connectivity index (χ1v) is 11.1. The second kappa shape index (κ2) is 7.64. The van der Waals surface area contributed by atoms with Crippen molar-refractivity contribution in [1.82, 2.24) is 0 Å². The van der Waals surface area contributed by atoms with E-state index in [2.05, 4.69) is 84.7 Å². The Balaban J connectivity index is 1.62. The van der Waals surface area contributed by atoms with Gasteiger partial charge in [-0.2, -0.15) is 0 Å². The van der Waals surface area contributed by atoms with Crippen LogP contribution in [0.1, 0.15) is 50.3 Å². The molecule has 3 aromatic rings. The van der Waals surface area contributed by atoms with Crippen molar-refractivity contribution in [2.75, 3.05) is 23.3 Å². The molecule has 0 aromatic heterocycles. The van der Waals surface area contributed by atoms with Gasteiger partial charge < -0.3 is 10.2 Å². The Labute approximate surface area is 178 Å². The maximum Gasteiger partial charge on any atom is 0.163 e. The third-order valence-electron chi connectivity index (χ3n) is 6.61. The Bertz CT molecular complexity index is 1140. The fourth-order valence-electron chi connectivity index (χ4n) is 5.04. The van der Waals surface area contributed by atoms with E-state index in [1.165, 1.54) is 27.6 Å². The summed E-state index contributed by atoms with van der Waals surface area (Å²) in [6.45, 7) is 6.38. The zero-order valence-corrected chi connectivity index (χ0v) is 17.7. The molecule has 0 radical (unpaired) electrons. The summed E-state index contributed by atoms with van der Waals surface area (Å²) in [5, 5.41) is 6.16. The van der Waals surface area contributed by atoms with E-state index in [1.54, 1.807) is 0 Å². The average molecular weight is 397 g/mol. The highest BCUT2D eigenvalue weighted by atomic mass is 16.1. The van der Waals surface area contributed by atoms with Crippen LogP contribution in [-0.4, -0.2) is 18.9 Å². The normalized spacial score (nSPS) is 18.1. The van der Waals surface area contributed by atoms with Gasteiger partial charge in [0.25, 0.3) is 0 Å². The van der Waals surface area contributed by atoms with Crippen LogP contribution in [0.4, 0.5) is 11.4 Å². The number of benzene rings is 3. The quantitative estimate of drug-likeness (QED) is 0.557. The first kappa shape index (κ1) is 18.9. The third-order valence-corrected chi connectivity index (χ3v) is 6.61. The van der Waals surface area contributed by atoms with Crippen molar-refractivity contribution in [1.29, 1.82) is 0 Å². The first-order chi connectivity index (χ1) is 14.7. The van der Waals surface area contributed by atoms with Gasteiger partial charge in [0.2, 0.25) is 0 Å². The van der Waals surface area contributed by atoms with E-state index >= 15 is 0 Å². The van der Waals surface area contributed by atoms with Crippen LogP contribution in [-0.2, 0) is 4.79 Å². The zero-order chi connectivity index (χ0) is 20.7. The molecule has 30 heavy (non-hydrogen) atoms. The maximum atomic E-state index is 13.0. The molecule has 2 aliphatic rings. The lowest BCUT2D eigenvalue weighted by Gasteiger charge is -2.35. The van der Waals surface area contributed by atoms with Gasteiger partial charge >= 0.3 is 0 Å². The highest BCUT2D eigenvalue weighted by Gasteiger charge is 2.33. The Hall–Kier alpha value is -3.07. The van der Waals surface area contributed by atoms with Crippen LogP contribution in [0.15, 0.2) is 66.2 Å². The molecule has 0 saturated heterocycles. The minimum atomic E-state index is 0.0589. The van der Waals surface area contributed by atoms with Gasteiger partial charge in [0.1, 0.15) is 0 Å². The van der Waals surface area contributed by atoms with Crippen molar-refractivity contribution in [3.05, 3.63) is 77.4 Å². The summed E-state index contributed by atoms with van der Waals surface area (Å²) in [6, 6.07) is 21.7. The number of hydrogen-bond acceptors (Lipinski definition) is 3. The molecule has 1 N–H and O–H groups in total. The SMILES string of the molecule is CCN(CC)c1ccc(C2Nc3cc4ccccc4cc3C3=C2CCCC3=O)cc1. The molecule has 1 atom stereocenters. The highest BCUT2D eigenvalue weighted by molar-refractivity contribution is 6.25. The molecule has 0 saturated carbocycles. The molecule has 0 fully saturated rings. The second-order valence-corrected chi connectivity index (χ2v) is 8.26. The molecule has 1 heterocycles. The van der Waals surface area contributed by atoms with Crippen molar-refractivity contribution >= 4 is 33.5 Å². The van der Waals surface area contributed by atoms with Crippen LogP contribution in [0, 0.1) is 0 Å². The van der Waals surface area contributed by atoms with Crippen molar-refractivity contribution in [3.63, 3.8) is 0 Å². The number of Topliss-reactive ketones (excluding diaryl/α,β-unsaturated/α-hetero) is 1. The van der Waals surface area contributed by atoms with Crippen LogP contribution in [0.3, 0.4) is 0 Å². The van der Waals surface area contributed by atoms with Crippen molar-refractivity contribution < 1.29 is 4.79 Å². The van der Waals surface area contributed by atoms with E-state index in [0.29, 0.717) is 12.2 Å². The predicted octanol–water partition coefficient (Wildman–Crippen LogP) is 6.36. The van der Waals surface area contributed by atoms with Crippen LogP contribution in [0.2, 0.25) is 0 Å². The molecule has 1 aliphatic carbocycles. The first-order valence-electron chi connectivity index (χ1n) is 11.1. The Kier molecular flexibility index (Phi) is 4.82. The van der Waals surface area contributed by atoms with Crippen LogP contribution >= 0.6 is 0 Å². The van der Waals surface area contributed by atoms with Crippen LogP contribution in [0.5, 0.6) is 0 Å². The zero-order valence-electron chi connectivity index (χ0n) is 17.7. The number of rotatable bonds is 4. The minimum absolute atomic E-state index is 0.0589. The molecule has 3 heteroatoms. The summed E-state index contributed by atoms with van der Waals surface area (Å²) >= 11 is 0. The molecule has 3 aromatic carbocycles. The summed E-state index contributed by atoms with van der Waals surface area (Å²) in [5.41, 5.74) is 6.83. The number of hydrogen-bond donors (Lipinski definition) is 1. The van der Waals surface area contributed by atoms with E-state index < -0.39 is 0 Å². The molecular formula is C27H28N2O. The fraction of sp³-hybridized carbons (Fsp3) is 0.296. The van der Waals surface area contributed by atoms with Gasteiger partial charge in [-0.1, -0.05) is 36.4 Å². The Morgan fingerprint density at radius 3 is 2.33 bits per heavy atom. The van der Waals surface area contributed by atoms with Gasteiger partial charge in [-0.15, -0.1) is 0 Å². The molecule has 0 bridgehead atoms. The summed E-state index contributed by atoms with van der Waals surface area (Å²) in [4.78, 5) is 15.4. The number of ketones is 1. The van der Waals surface area contributed by atoms with Gasteiger partial charge in [-0.3, -0.25) is 4.79 Å². The lowest BCUT2D eigenvalue weighted by molar-refractivity contribution is -0.114. The molecule has 0 spiro atoms. The number of anilines is 2. The molecule has 3 nitrogen and oxygen atoms in total. The van der Waals surface area contributed by atoms with Crippen molar-refractivity contribution in [2.24, 2.45) is 0 Å². The molecule has 0 amide bonds. The van der Waals surface area contributed by atoms with Gasteiger partial charge in [-0.25, -0.2) is 0 Å². The average Bonchev–Trinajstić information content (AvgIpc) is 2.78. The Morgan fingerprint density at radius 1 is 0.933 bits per heavy atom. The summed E-state index contributed by atoms with van der Waals surface area (Å²) in [7, 11) is 0. The minimum Gasteiger partial charge on any atom is -0.374 e. The van der Waals surface area contributed by atoms with E-state index in [0.717, 1.165) is 42.8 Å². The fourth-order valence-corrected chi connectivity index (χ4v) is 5.04. The lowest BCUT2D eigenvalue weighted by atomic mass is 9.77. The smallest absolute Gasteiger partial charge is 0.163 e. The number of nitrogens with one attached hydrogen (secondary N) is 1.